The van der Waals surface area contributed by atoms with Crippen LogP contribution in [-0.2, 0) is 10.2 Å². The summed E-state index contributed by atoms with van der Waals surface area (Å²) in [5.41, 5.74) is 5.82. The van der Waals surface area contributed by atoms with Gasteiger partial charge in [0.2, 0.25) is 0 Å². The van der Waals surface area contributed by atoms with E-state index in [1.807, 2.05) is 6.07 Å². The molecule has 0 saturated heterocycles. The fourth-order valence-electron chi connectivity index (χ4n) is 1.38. The Balaban J connectivity index is 3.10. The van der Waals surface area contributed by atoms with Gasteiger partial charge in [-0.25, -0.2) is 0 Å². The molecule has 1 rings (SSSR count). The summed E-state index contributed by atoms with van der Waals surface area (Å²) in [6.45, 7) is 3.58. The van der Waals surface area contributed by atoms with Crippen LogP contribution in [0.2, 0.25) is 5.02 Å². The molecule has 3 N–H and O–H groups in total. The third-order valence-corrected chi connectivity index (χ3v) is 2.85. The van der Waals surface area contributed by atoms with Gasteiger partial charge in [0.1, 0.15) is 6.04 Å². The van der Waals surface area contributed by atoms with Crippen LogP contribution in [0.25, 0.3) is 0 Å². The minimum absolute atomic E-state index is 0.582. The van der Waals surface area contributed by atoms with Crippen molar-refractivity contribution in [2.45, 2.75) is 25.3 Å². The normalized spacial score (nSPS) is 13.6. The summed E-state index contributed by atoms with van der Waals surface area (Å²) in [6.07, 6.45) is 0. The Labute approximate surface area is 93.9 Å². The second-order valence-corrected chi connectivity index (χ2v) is 4.48. The van der Waals surface area contributed by atoms with Crippen molar-refractivity contribution in [1.29, 1.82) is 0 Å². The summed E-state index contributed by atoms with van der Waals surface area (Å²) in [5, 5.41) is 9.47. The lowest BCUT2D eigenvalue weighted by Gasteiger charge is -2.29. The number of halogens is 1. The number of aliphatic carboxylic acids is 1. The Bertz CT molecular complexity index is 377. The Morgan fingerprint density at radius 3 is 2.60 bits per heavy atom. The van der Waals surface area contributed by atoms with Gasteiger partial charge in [0, 0.05) is 10.4 Å². The number of carbonyl (C=O) groups is 1. The molecule has 0 heterocycles. The Morgan fingerprint density at radius 1 is 1.53 bits per heavy atom. The highest BCUT2D eigenvalue weighted by Crippen LogP contribution is 2.28. The maximum atomic E-state index is 10.8. The molecule has 1 aromatic rings. The van der Waals surface area contributed by atoms with E-state index in [0.717, 1.165) is 5.56 Å². The minimum Gasteiger partial charge on any atom is -0.480 e. The zero-order chi connectivity index (χ0) is 11.6. The number of benzene rings is 1. The third kappa shape index (κ3) is 2.49. The van der Waals surface area contributed by atoms with Gasteiger partial charge in [0.15, 0.2) is 0 Å². The van der Waals surface area contributed by atoms with Crippen LogP contribution in [0, 0.1) is 0 Å². The van der Waals surface area contributed by atoms with Gasteiger partial charge in [-0.05, 0) is 17.7 Å². The van der Waals surface area contributed by atoms with Crippen LogP contribution in [-0.4, -0.2) is 17.1 Å². The molecular formula is C11H14ClNO2. The van der Waals surface area contributed by atoms with Gasteiger partial charge in [-0.3, -0.25) is 4.79 Å². The standard InChI is InChI=1S/C11H14ClNO2/c1-11(2,9(13)10(14)15)7-4-3-5-8(12)6-7/h3-6,9H,13H2,1-2H3,(H,14,15). The smallest absolute Gasteiger partial charge is 0.321 e. The van der Waals surface area contributed by atoms with Crippen molar-refractivity contribution in [3.05, 3.63) is 34.9 Å². The van der Waals surface area contributed by atoms with Gasteiger partial charge in [-0.15, -0.1) is 0 Å². The van der Waals surface area contributed by atoms with Crippen LogP contribution >= 0.6 is 11.6 Å². The first kappa shape index (κ1) is 12.0. The van der Waals surface area contributed by atoms with Crippen LogP contribution < -0.4 is 5.73 Å². The van der Waals surface area contributed by atoms with Gasteiger partial charge >= 0.3 is 5.97 Å². The number of carboxylic acid groups (broad SMARTS) is 1. The molecule has 0 amide bonds. The predicted octanol–water partition coefficient (Wildman–Crippen LogP) is 2.03. The number of hydrogen-bond acceptors (Lipinski definition) is 2. The van der Waals surface area contributed by atoms with Gasteiger partial charge in [-0.2, -0.15) is 0 Å². The molecule has 1 aromatic carbocycles. The average Bonchev–Trinajstić information content (AvgIpc) is 2.16. The topological polar surface area (TPSA) is 63.3 Å². The number of rotatable bonds is 3. The maximum absolute atomic E-state index is 10.8. The zero-order valence-corrected chi connectivity index (χ0v) is 9.45. The van der Waals surface area contributed by atoms with Gasteiger partial charge < -0.3 is 10.8 Å². The third-order valence-electron chi connectivity index (χ3n) is 2.61. The summed E-state index contributed by atoms with van der Waals surface area (Å²) in [4.78, 5) is 10.8. The van der Waals surface area contributed by atoms with E-state index in [1.165, 1.54) is 0 Å². The van der Waals surface area contributed by atoms with Crippen molar-refractivity contribution >= 4 is 17.6 Å². The Kier molecular flexibility index (Phi) is 3.37. The van der Waals surface area contributed by atoms with E-state index in [0.29, 0.717) is 5.02 Å². The molecule has 3 nitrogen and oxygen atoms in total. The molecule has 0 aliphatic heterocycles. The van der Waals surface area contributed by atoms with E-state index < -0.39 is 17.4 Å². The lowest BCUT2D eigenvalue weighted by atomic mass is 9.78. The maximum Gasteiger partial charge on any atom is 0.321 e. The average molecular weight is 228 g/mol. The first-order chi connectivity index (χ1) is 6.85. The molecular weight excluding hydrogens is 214 g/mol. The van der Waals surface area contributed by atoms with Crippen molar-refractivity contribution in [2.75, 3.05) is 0 Å². The van der Waals surface area contributed by atoms with E-state index in [2.05, 4.69) is 0 Å². The zero-order valence-electron chi connectivity index (χ0n) is 8.70. The van der Waals surface area contributed by atoms with Crippen LogP contribution in [0.1, 0.15) is 19.4 Å². The van der Waals surface area contributed by atoms with Crippen LogP contribution in [0.5, 0.6) is 0 Å². The van der Waals surface area contributed by atoms with E-state index in [-0.39, 0.29) is 0 Å². The Hall–Kier alpha value is -1.06. The van der Waals surface area contributed by atoms with E-state index in [1.54, 1.807) is 32.0 Å². The molecule has 4 heteroatoms. The fraction of sp³-hybridized carbons (Fsp3) is 0.364. The Morgan fingerprint density at radius 2 is 2.13 bits per heavy atom. The van der Waals surface area contributed by atoms with Crippen LogP contribution in [0.15, 0.2) is 24.3 Å². The molecule has 1 atom stereocenters. The monoisotopic (exact) mass is 227 g/mol. The van der Waals surface area contributed by atoms with E-state index >= 15 is 0 Å². The first-order valence-electron chi connectivity index (χ1n) is 4.60. The minimum atomic E-state index is -1.01. The van der Waals surface area contributed by atoms with Crippen molar-refractivity contribution in [2.24, 2.45) is 5.73 Å². The highest BCUT2D eigenvalue weighted by molar-refractivity contribution is 6.30. The SMILES string of the molecule is CC(C)(c1cccc(Cl)c1)C(N)C(=O)O. The second kappa shape index (κ2) is 4.21. The largest absolute Gasteiger partial charge is 0.480 e. The number of hydrogen-bond donors (Lipinski definition) is 2. The lowest BCUT2D eigenvalue weighted by Crippen LogP contribution is -2.46. The highest BCUT2D eigenvalue weighted by Gasteiger charge is 2.33. The molecule has 0 aliphatic carbocycles. The summed E-state index contributed by atoms with van der Waals surface area (Å²) >= 11 is 5.85. The molecule has 0 aliphatic rings. The summed E-state index contributed by atoms with van der Waals surface area (Å²) in [6, 6.07) is 6.15. The molecule has 0 radical (unpaired) electrons. The van der Waals surface area contributed by atoms with Gasteiger partial charge in [0.25, 0.3) is 0 Å². The molecule has 0 fully saturated rings. The van der Waals surface area contributed by atoms with E-state index in [4.69, 9.17) is 22.4 Å². The molecule has 0 saturated carbocycles. The second-order valence-electron chi connectivity index (χ2n) is 4.05. The lowest BCUT2D eigenvalue weighted by molar-refractivity contribution is -0.140. The fourth-order valence-corrected chi connectivity index (χ4v) is 1.57. The first-order valence-corrected chi connectivity index (χ1v) is 4.98. The predicted molar refractivity (Wildman–Crippen MR) is 60.1 cm³/mol. The van der Waals surface area contributed by atoms with Gasteiger partial charge in [-0.1, -0.05) is 37.6 Å². The molecule has 15 heavy (non-hydrogen) atoms. The van der Waals surface area contributed by atoms with Crippen LogP contribution in [0.3, 0.4) is 0 Å². The van der Waals surface area contributed by atoms with Crippen molar-refractivity contribution < 1.29 is 9.90 Å². The molecule has 0 aromatic heterocycles. The number of carboxylic acids is 1. The molecule has 1 unspecified atom stereocenters. The molecule has 0 bridgehead atoms. The quantitative estimate of drug-likeness (QED) is 0.831. The van der Waals surface area contributed by atoms with Crippen molar-refractivity contribution in [1.82, 2.24) is 0 Å². The highest BCUT2D eigenvalue weighted by atomic mass is 35.5. The van der Waals surface area contributed by atoms with Gasteiger partial charge in [0.05, 0.1) is 0 Å². The van der Waals surface area contributed by atoms with Crippen molar-refractivity contribution in [3.8, 4) is 0 Å². The summed E-state index contributed by atoms with van der Waals surface area (Å²) in [7, 11) is 0. The van der Waals surface area contributed by atoms with Crippen LogP contribution in [0.4, 0.5) is 0 Å². The molecule has 0 spiro atoms. The summed E-state index contributed by atoms with van der Waals surface area (Å²) < 4.78 is 0. The molecule has 82 valence electrons. The van der Waals surface area contributed by atoms with Crippen molar-refractivity contribution in [3.63, 3.8) is 0 Å². The summed E-state index contributed by atoms with van der Waals surface area (Å²) in [5.74, 6) is -1.01. The van der Waals surface area contributed by atoms with E-state index in [9.17, 15) is 4.79 Å². The number of nitrogens with two attached hydrogens (primary N) is 1.